The largest absolute Gasteiger partial charge is 0.302 e. The molecule has 35 heavy (non-hydrogen) atoms. The molecule has 9 heteroatoms. The van der Waals surface area contributed by atoms with E-state index in [2.05, 4.69) is 31.5 Å². The van der Waals surface area contributed by atoms with E-state index in [0.29, 0.717) is 11.7 Å². The number of nitrogens with zero attached hydrogens (tertiary/aromatic N) is 6. The van der Waals surface area contributed by atoms with Crippen LogP contribution in [0.2, 0.25) is 0 Å². The van der Waals surface area contributed by atoms with Crippen molar-refractivity contribution >= 4 is 34.5 Å². The molecular weight excluding hydrogens is 458 g/mol. The zero-order valence-corrected chi connectivity index (χ0v) is 20.1. The van der Waals surface area contributed by atoms with Gasteiger partial charge in [-0.1, -0.05) is 60.3 Å². The minimum absolute atomic E-state index is 0.200. The summed E-state index contributed by atoms with van der Waals surface area (Å²) in [6, 6.07) is 21.9. The maximum absolute atomic E-state index is 12.7. The lowest BCUT2D eigenvalue weighted by Crippen LogP contribution is -2.24. The Hall–Kier alpha value is -4.11. The second-order valence-corrected chi connectivity index (χ2v) is 9.12. The number of para-hydroxylation sites is 1. The average Bonchev–Trinajstić information content (AvgIpc) is 3.31. The highest BCUT2D eigenvalue weighted by Crippen LogP contribution is 2.33. The van der Waals surface area contributed by atoms with Gasteiger partial charge in [-0.15, -0.1) is 10.2 Å². The number of carbonyl (C=O) groups excluding carboxylic acids is 1. The van der Waals surface area contributed by atoms with Gasteiger partial charge in [-0.3, -0.25) is 10.1 Å². The third-order valence-electron chi connectivity index (χ3n) is 5.51. The van der Waals surface area contributed by atoms with Gasteiger partial charge in [0, 0.05) is 35.5 Å². The molecule has 8 nitrogen and oxygen atoms in total. The SMILES string of the molecule is CCn1c(SC(C)C(=O)Nc2ncccn2)nnc1-c1cc(-c2ccccc2)nc2ccccc12. The summed E-state index contributed by atoms with van der Waals surface area (Å²) < 4.78 is 2.03. The molecule has 0 bridgehead atoms. The van der Waals surface area contributed by atoms with Gasteiger partial charge in [-0.2, -0.15) is 0 Å². The first-order valence-corrected chi connectivity index (χ1v) is 12.2. The van der Waals surface area contributed by atoms with Gasteiger partial charge in [0.2, 0.25) is 11.9 Å². The van der Waals surface area contributed by atoms with Crippen molar-refractivity contribution in [2.24, 2.45) is 0 Å². The predicted molar refractivity (Wildman–Crippen MR) is 138 cm³/mol. The lowest BCUT2D eigenvalue weighted by molar-refractivity contribution is -0.115. The van der Waals surface area contributed by atoms with Gasteiger partial charge in [0.25, 0.3) is 0 Å². The molecule has 2 aromatic carbocycles. The number of nitrogens with one attached hydrogen (secondary N) is 1. The number of thioether (sulfide) groups is 1. The Labute approximate surface area is 206 Å². The second kappa shape index (κ2) is 10.0. The van der Waals surface area contributed by atoms with Crippen LogP contribution in [0.4, 0.5) is 5.95 Å². The highest BCUT2D eigenvalue weighted by atomic mass is 32.2. The molecule has 0 fully saturated rings. The number of benzene rings is 2. The molecule has 3 heterocycles. The van der Waals surface area contributed by atoms with Gasteiger partial charge >= 0.3 is 0 Å². The summed E-state index contributed by atoms with van der Waals surface area (Å²) in [5.41, 5.74) is 3.74. The summed E-state index contributed by atoms with van der Waals surface area (Å²) in [6.07, 6.45) is 3.17. The maximum Gasteiger partial charge on any atom is 0.240 e. The van der Waals surface area contributed by atoms with Gasteiger partial charge in [0.15, 0.2) is 11.0 Å². The summed E-state index contributed by atoms with van der Waals surface area (Å²) in [7, 11) is 0. The van der Waals surface area contributed by atoms with Crippen LogP contribution in [0.15, 0.2) is 84.3 Å². The van der Waals surface area contributed by atoms with E-state index in [1.807, 2.05) is 73.0 Å². The molecule has 5 rings (SSSR count). The second-order valence-electron chi connectivity index (χ2n) is 7.81. The number of rotatable bonds is 7. The number of hydrogen-bond acceptors (Lipinski definition) is 7. The molecule has 0 aliphatic heterocycles. The smallest absolute Gasteiger partial charge is 0.240 e. The summed E-state index contributed by atoms with van der Waals surface area (Å²) in [4.78, 5) is 25.7. The first-order valence-electron chi connectivity index (χ1n) is 11.3. The van der Waals surface area contributed by atoms with Gasteiger partial charge in [-0.05, 0) is 32.0 Å². The molecule has 0 radical (unpaired) electrons. The van der Waals surface area contributed by atoms with E-state index in [1.165, 1.54) is 11.8 Å². The number of fused-ring (bicyclic) bond motifs is 1. The van der Waals surface area contributed by atoms with Crippen molar-refractivity contribution in [3.8, 4) is 22.6 Å². The normalized spacial score (nSPS) is 11.9. The van der Waals surface area contributed by atoms with E-state index >= 15 is 0 Å². The minimum Gasteiger partial charge on any atom is -0.302 e. The lowest BCUT2D eigenvalue weighted by Gasteiger charge is -2.13. The van der Waals surface area contributed by atoms with Crippen LogP contribution in [0.1, 0.15) is 13.8 Å². The van der Waals surface area contributed by atoms with Crippen molar-refractivity contribution < 1.29 is 4.79 Å². The van der Waals surface area contributed by atoms with E-state index in [4.69, 9.17) is 4.98 Å². The van der Waals surface area contributed by atoms with E-state index < -0.39 is 5.25 Å². The monoisotopic (exact) mass is 481 g/mol. The highest BCUT2D eigenvalue weighted by Gasteiger charge is 2.22. The van der Waals surface area contributed by atoms with Gasteiger partial charge in [0.1, 0.15) is 0 Å². The fourth-order valence-electron chi connectivity index (χ4n) is 3.76. The Balaban J connectivity index is 1.50. The van der Waals surface area contributed by atoms with Crippen LogP contribution in [0.3, 0.4) is 0 Å². The molecule has 1 unspecified atom stereocenters. The third-order valence-corrected chi connectivity index (χ3v) is 6.59. The molecular formula is C26H23N7OS. The summed E-state index contributed by atoms with van der Waals surface area (Å²) in [5, 5.41) is 13.0. The first kappa shape index (κ1) is 22.7. The maximum atomic E-state index is 12.7. The quantitative estimate of drug-likeness (QED) is 0.323. The van der Waals surface area contributed by atoms with Crippen molar-refractivity contribution in [1.29, 1.82) is 0 Å². The van der Waals surface area contributed by atoms with E-state index in [0.717, 1.165) is 33.5 Å². The van der Waals surface area contributed by atoms with Crippen LogP contribution in [0.5, 0.6) is 0 Å². The Morgan fingerprint density at radius 1 is 1.00 bits per heavy atom. The van der Waals surface area contributed by atoms with Gasteiger partial charge in [-0.25, -0.2) is 15.0 Å². The number of carbonyl (C=O) groups is 1. The highest BCUT2D eigenvalue weighted by molar-refractivity contribution is 8.00. The number of aromatic nitrogens is 6. The standard InChI is InChI=1S/C26H23N7OS/c1-3-33-23(31-32-26(33)35-17(2)24(34)30-25-27-14-9-15-28-25)20-16-22(18-10-5-4-6-11-18)29-21-13-8-7-12-19(20)21/h4-17H,3H2,1-2H3,(H,27,28,30,34). The number of hydrogen-bond donors (Lipinski definition) is 1. The fraction of sp³-hybridized carbons (Fsp3) is 0.154. The Kier molecular flexibility index (Phi) is 6.49. The zero-order valence-electron chi connectivity index (χ0n) is 19.3. The van der Waals surface area contributed by atoms with E-state index in [-0.39, 0.29) is 11.9 Å². The number of amides is 1. The van der Waals surface area contributed by atoms with Gasteiger partial charge < -0.3 is 4.57 Å². The zero-order chi connectivity index (χ0) is 24.2. The average molecular weight is 482 g/mol. The third kappa shape index (κ3) is 4.76. The van der Waals surface area contributed by atoms with Gasteiger partial charge in [0.05, 0.1) is 16.5 Å². The van der Waals surface area contributed by atoms with Crippen molar-refractivity contribution in [3.63, 3.8) is 0 Å². The molecule has 174 valence electrons. The topological polar surface area (TPSA) is 98.5 Å². The van der Waals surface area contributed by atoms with Crippen molar-refractivity contribution in [2.75, 3.05) is 5.32 Å². The Morgan fingerprint density at radius 3 is 2.51 bits per heavy atom. The first-order chi connectivity index (χ1) is 17.1. The molecule has 0 saturated heterocycles. The summed E-state index contributed by atoms with van der Waals surface area (Å²) in [5.74, 6) is 0.818. The van der Waals surface area contributed by atoms with Crippen molar-refractivity contribution in [3.05, 3.63) is 79.1 Å². The summed E-state index contributed by atoms with van der Waals surface area (Å²) >= 11 is 1.35. The van der Waals surface area contributed by atoms with Crippen LogP contribution in [0, 0.1) is 0 Å². The number of pyridine rings is 1. The Morgan fingerprint density at radius 2 is 1.74 bits per heavy atom. The molecule has 1 N–H and O–H groups in total. The number of anilines is 1. The molecule has 0 spiro atoms. The van der Waals surface area contributed by atoms with Crippen molar-refractivity contribution in [2.45, 2.75) is 30.8 Å². The van der Waals surface area contributed by atoms with Crippen LogP contribution < -0.4 is 5.32 Å². The molecule has 1 atom stereocenters. The molecule has 1 amide bonds. The lowest BCUT2D eigenvalue weighted by atomic mass is 10.0. The van der Waals surface area contributed by atoms with Crippen LogP contribution in [-0.4, -0.2) is 40.9 Å². The molecule has 5 aromatic rings. The molecule has 0 aliphatic carbocycles. The van der Waals surface area contributed by atoms with Crippen LogP contribution >= 0.6 is 11.8 Å². The van der Waals surface area contributed by atoms with Crippen molar-refractivity contribution in [1.82, 2.24) is 29.7 Å². The van der Waals surface area contributed by atoms with Crippen LogP contribution in [0.25, 0.3) is 33.5 Å². The van der Waals surface area contributed by atoms with E-state index in [9.17, 15) is 4.79 Å². The molecule has 0 saturated carbocycles. The fourth-order valence-corrected chi connectivity index (χ4v) is 4.68. The van der Waals surface area contributed by atoms with E-state index in [1.54, 1.807) is 18.5 Å². The Bertz CT molecular complexity index is 1470. The van der Waals surface area contributed by atoms with Crippen LogP contribution in [-0.2, 0) is 11.3 Å². The predicted octanol–water partition coefficient (Wildman–Crippen LogP) is 5.09. The molecule has 3 aromatic heterocycles. The summed E-state index contributed by atoms with van der Waals surface area (Å²) in [6.45, 7) is 4.52. The minimum atomic E-state index is -0.421. The molecule has 0 aliphatic rings.